The SMILES string of the molecule is CCSc1nnc(-c2cccc(S(=O)(=O)N(C)C)c2)n1-c1cccc(OC)c1. The Morgan fingerprint density at radius 3 is 2.54 bits per heavy atom. The van der Waals surface area contributed by atoms with Crippen molar-refractivity contribution in [1.29, 1.82) is 0 Å². The molecule has 28 heavy (non-hydrogen) atoms. The first-order chi connectivity index (χ1) is 13.4. The third kappa shape index (κ3) is 3.91. The van der Waals surface area contributed by atoms with Crippen LogP contribution in [0.4, 0.5) is 0 Å². The van der Waals surface area contributed by atoms with Gasteiger partial charge in [0.15, 0.2) is 11.0 Å². The molecule has 148 valence electrons. The second-order valence-corrected chi connectivity index (χ2v) is 9.47. The maximum Gasteiger partial charge on any atom is 0.242 e. The van der Waals surface area contributed by atoms with E-state index in [-0.39, 0.29) is 4.90 Å². The second kappa shape index (κ2) is 8.34. The van der Waals surface area contributed by atoms with Crippen LogP contribution in [0.3, 0.4) is 0 Å². The van der Waals surface area contributed by atoms with Gasteiger partial charge in [-0.2, -0.15) is 0 Å². The molecule has 0 fully saturated rings. The number of ether oxygens (including phenoxy) is 1. The maximum absolute atomic E-state index is 12.5. The van der Waals surface area contributed by atoms with Crippen LogP contribution >= 0.6 is 11.8 Å². The van der Waals surface area contributed by atoms with Gasteiger partial charge in [0.25, 0.3) is 0 Å². The summed E-state index contributed by atoms with van der Waals surface area (Å²) in [4.78, 5) is 0.208. The third-order valence-electron chi connectivity index (χ3n) is 4.09. The van der Waals surface area contributed by atoms with E-state index in [0.29, 0.717) is 17.1 Å². The van der Waals surface area contributed by atoms with Crippen molar-refractivity contribution in [2.24, 2.45) is 0 Å². The van der Waals surface area contributed by atoms with Gasteiger partial charge < -0.3 is 4.74 Å². The van der Waals surface area contributed by atoms with Crippen LogP contribution in [0.25, 0.3) is 17.1 Å². The standard InChI is InChI=1S/C19H22N4O3S2/c1-5-27-19-21-20-18(23(19)15-9-7-10-16(13-15)26-4)14-8-6-11-17(12-14)28(24,25)22(2)3/h6-13H,5H2,1-4H3. The van der Waals surface area contributed by atoms with Crippen LogP contribution in [-0.4, -0.2) is 54.4 Å². The molecule has 0 unspecified atom stereocenters. The topological polar surface area (TPSA) is 77.3 Å². The predicted molar refractivity (Wildman–Crippen MR) is 111 cm³/mol. The molecule has 0 saturated heterocycles. The molecule has 7 nitrogen and oxygen atoms in total. The molecule has 2 aromatic carbocycles. The molecule has 0 saturated carbocycles. The van der Waals surface area contributed by atoms with Gasteiger partial charge in [-0.3, -0.25) is 4.57 Å². The zero-order valence-electron chi connectivity index (χ0n) is 16.2. The van der Waals surface area contributed by atoms with E-state index in [4.69, 9.17) is 4.74 Å². The first-order valence-corrected chi connectivity index (χ1v) is 11.1. The smallest absolute Gasteiger partial charge is 0.242 e. The average molecular weight is 419 g/mol. The third-order valence-corrected chi connectivity index (χ3v) is 6.71. The first kappa shape index (κ1) is 20.4. The quantitative estimate of drug-likeness (QED) is 0.548. The number of rotatable bonds is 7. The van der Waals surface area contributed by atoms with E-state index in [1.54, 1.807) is 37.1 Å². The number of aromatic nitrogens is 3. The summed E-state index contributed by atoms with van der Waals surface area (Å²) >= 11 is 1.56. The number of hydrogen-bond donors (Lipinski definition) is 0. The summed E-state index contributed by atoms with van der Waals surface area (Å²) < 4.78 is 33.5. The molecule has 0 atom stereocenters. The van der Waals surface area contributed by atoms with Gasteiger partial charge in [0.2, 0.25) is 10.0 Å². The molecule has 1 aromatic heterocycles. The van der Waals surface area contributed by atoms with Crippen molar-refractivity contribution in [2.75, 3.05) is 27.0 Å². The van der Waals surface area contributed by atoms with E-state index in [2.05, 4.69) is 10.2 Å². The molecule has 3 rings (SSSR count). The molecule has 0 spiro atoms. The van der Waals surface area contributed by atoms with Gasteiger partial charge in [-0.15, -0.1) is 10.2 Å². The van der Waals surface area contributed by atoms with Gasteiger partial charge in [-0.05, 0) is 30.0 Å². The van der Waals surface area contributed by atoms with Crippen LogP contribution < -0.4 is 4.74 Å². The largest absolute Gasteiger partial charge is 0.497 e. The molecule has 0 radical (unpaired) electrons. The number of benzene rings is 2. The zero-order chi connectivity index (χ0) is 20.3. The van der Waals surface area contributed by atoms with E-state index in [1.165, 1.54) is 18.4 Å². The lowest BCUT2D eigenvalue weighted by atomic mass is 10.2. The number of methoxy groups -OCH3 is 1. The van der Waals surface area contributed by atoms with E-state index < -0.39 is 10.0 Å². The summed E-state index contributed by atoms with van der Waals surface area (Å²) in [7, 11) is 1.09. The van der Waals surface area contributed by atoms with Crippen molar-refractivity contribution in [3.63, 3.8) is 0 Å². The van der Waals surface area contributed by atoms with Crippen LogP contribution in [0.2, 0.25) is 0 Å². The van der Waals surface area contributed by atoms with Crippen molar-refractivity contribution >= 4 is 21.8 Å². The molecule has 0 bridgehead atoms. The van der Waals surface area contributed by atoms with Crippen LogP contribution in [0, 0.1) is 0 Å². The molecule has 0 aliphatic heterocycles. The Morgan fingerprint density at radius 2 is 1.86 bits per heavy atom. The molecule has 0 N–H and O–H groups in total. The molecule has 9 heteroatoms. The van der Waals surface area contributed by atoms with E-state index in [9.17, 15) is 8.42 Å². The highest BCUT2D eigenvalue weighted by Gasteiger charge is 2.21. The Balaban J connectivity index is 2.18. The van der Waals surface area contributed by atoms with E-state index in [0.717, 1.165) is 16.6 Å². The first-order valence-electron chi connectivity index (χ1n) is 8.64. The highest BCUT2D eigenvalue weighted by molar-refractivity contribution is 7.99. The Morgan fingerprint density at radius 1 is 1.11 bits per heavy atom. The van der Waals surface area contributed by atoms with Crippen molar-refractivity contribution in [2.45, 2.75) is 17.0 Å². The van der Waals surface area contributed by atoms with Crippen molar-refractivity contribution in [1.82, 2.24) is 19.1 Å². The minimum Gasteiger partial charge on any atom is -0.497 e. The van der Waals surface area contributed by atoms with E-state index in [1.807, 2.05) is 41.8 Å². The normalized spacial score (nSPS) is 11.8. The molecule has 1 heterocycles. The number of nitrogens with zero attached hydrogens (tertiary/aromatic N) is 4. The summed E-state index contributed by atoms with van der Waals surface area (Å²) in [6.45, 7) is 2.04. The zero-order valence-corrected chi connectivity index (χ0v) is 17.8. The minimum atomic E-state index is -3.55. The van der Waals surface area contributed by atoms with E-state index >= 15 is 0 Å². The Labute approximate surface area is 169 Å². The number of thioether (sulfide) groups is 1. The Bertz CT molecular complexity index is 1080. The minimum absolute atomic E-state index is 0.208. The summed E-state index contributed by atoms with van der Waals surface area (Å²) in [6, 6.07) is 14.3. The van der Waals surface area contributed by atoms with Gasteiger partial charge in [0.05, 0.1) is 17.7 Å². The summed E-state index contributed by atoms with van der Waals surface area (Å²) in [5, 5.41) is 9.39. The average Bonchev–Trinajstić information content (AvgIpc) is 3.12. The second-order valence-electron chi connectivity index (χ2n) is 6.09. The van der Waals surface area contributed by atoms with Crippen LogP contribution in [0.1, 0.15) is 6.92 Å². The fraction of sp³-hybridized carbons (Fsp3) is 0.263. The molecular formula is C19H22N4O3S2. The molecule has 3 aromatic rings. The van der Waals surface area contributed by atoms with Gasteiger partial charge in [-0.1, -0.05) is 36.9 Å². The molecule has 0 aliphatic rings. The van der Waals surface area contributed by atoms with Crippen molar-refractivity contribution in [3.05, 3.63) is 48.5 Å². The summed E-state index contributed by atoms with van der Waals surface area (Å²) in [5.41, 5.74) is 1.51. The summed E-state index contributed by atoms with van der Waals surface area (Å²) in [5.74, 6) is 2.12. The van der Waals surface area contributed by atoms with Gasteiger partial charge in [0, 0.05) is 25.7 Å². The van der Waals surface area contributed by atoms with Gasteiger partial charge in [0.1, 0.15) is 5.75 Å². The number of sulfonamides is 1. The fourth-order valence-corrected chi connectivity index (χ4v) is 4.29. The Hall–Kier alpha value is -2.36. The van der Waals surface area contributed by atoms with Gasteiger partial charge >= 0.3 is 0 Å². The number of hydrogen-bond acceptors (Lipinski definition) is 6. The maximum atomic E-state index is 12.5. The lowest BCUT2D eigenvalue weighted by molar-refractivity contribution is 0.414. The molecular weight excluding hydrogens is 396 g/mol. The lowest BCUT2D eigenvalue weighted by Gasteiger charge is -2.14. The molecule has 0 amide bonds. The van der Waals surface area contributed by atoms with Crippen molar-refractivity contribution < 1.29 is 13.2 Å². The highest BCUT2D eigenvalue weighted by Crippen LogP contribution is 2.30. The van der Waals surface area contributed by atoms with Crippen LogP contribution in [0.15, 0.2) is 58.6 Å². The predicted octanol–water partition coefficient (Wildman–Crippen LogP) is 3.31. The van der Waals surface area contributed by atoms with Gasteiger partial charge in [-0.25, -0.2) is 12.7 Å². The Kier molecular flexibility index (Phi) is 6.07. The summed E-state index contributed by atoms with van der Waals surface area (Å²) in [6.07, 6.45) is 0. The fourth-order valence-electron chi connectivity index (χ4n) is 2.67. The molecule has 0 aliphatic carbocycles. The lowest BCUT2D eigenvalue weighted by Crippen LogP contribution is -2.22. The monoisotopic (exact) mass is 418 g/mol. The van der Waals surface area contributed by atoms with Crippen molar-refractivity contribution in [3.8, 4) is 22.8 Å². The van der Waals surface area contributed by atoms with Crippen LogP contribution in [-0.2, 0) is 10.0 Å². The van der Waals surface area contributed by atoms with Crippen LogP contribution in [0.5, 0.6) is 5.75 Å². The highest BCUT2D eigenvalue weighted by atomic mass is 32.2.